The zero-order chi connectivity index (χ0) is 13.0. The average molecular weight is 238 g/mol. The quantitative estimate of drug-likeness (QED) is 0.801. The Kier molecular flexibility index (Phi) is 2.81. The maximum Gasteiger partial charge on any atom is 0.244 e. The molecule has 1 N–H and O–H groups in total. The zero-order valence-corrected chi connectivity index (χ0v) is 12.0. The van der Waals surface area contributed by atoms with E-state index >= 15 is 0 Å². The molecule has 0 radical (unpaired) electrons. The Morgan fingerprint density at radius 2 is 1.82 bits per heavy atom. The molecule has 1 aliphatic heterocycles. The van der Waals surface area contributed by atoms with Crippen molar-refractivity contribution in [1.82, 2.24) is 10.2 Å². The van der Waals surface area contributed by atoms with Gasteiger partial charge in [0.25, 0.3) is 0 Å². The molecule has 2 atom stereocenters. The lowest BCUT2D eigenvalue weighted by molar-refractivity contribution is -0.135. The largest absolute Gasteiger partial charge is 0.322 e. The lowest BCUT2D eigenvalue weighted by atomic mass is 9.86. The van der Waals surface area contributed by atoms with Gasteiger partial charge in [-0.1, -0.05) is 34.6 Å². The predicted molar refractivity (Wildman–Crippen MR) is 69.5 cm³/mol. The van der Waals surface area contributed by atoms with Crippen molar-refractivity contribution in [3.05, 3.63) is 0 Å². The molecule has 98 valence electrons. The molecule has 2 rings (SSSR count). The van der Waals surface area contributed by atoms with Gasteiger partial charge in [0.1, 0.15) is 0 Å². The smallest absolute Gasteiger partial charge is 0.244 e. The number of hydrogen-bond acceptors (Lipinski definition) is 2. The summed E-state index contributed by atoms with van der Waals surface area (Å²) < 4.78 is 0. The first-order valence-electron chi connectivity index (χ1n) is 6.79. The van der Waals surface area contributed by atoms with Gasteiger partial charge in [-0.25, -0.2) is 0 Å². The molecule has 2 fully saturated rings. The van der Waals surface area contributed by atoms with Gasteiger partial charge in [-0.05, 0) is 31.1 Å². The van der Waals surface area contributed by atoms with Gasteiger partial charge >= 0.3 is 0 Å². The monoisotopic (exact) mass is 238 g/mol. The van der Waals surface area contributed by atoms with Crippen molar-refractivity contribution >= 4 is 5.91 Å². The number of hydrogen-bond donors (Lipinski definition) is 1. The van der Waals surface area contributed by atoms with Crippen LogP contribution in [0.2, 0.25) is 0 Å². The van der Waals surface area contributed by atoms with Crippen molar-refractivity contribution in [2.45, 2.75) is 72.1 Å². The highest BCUT2D eigenvalue weighted by atomic mass is 16.2. The Balaban J connectivity index is 2.26. The third kappa shape index (κ3) is 1.99. The first-order valence-corrected chi connectivity index (χ1v) is 6.79. The SMILES string of the molecule is CC(C)C1NC2(CC2)C(=O)N1C(C)C(C)(C)C. The summed E-state index contributed by atoms with van der Waals surface area (Å²) in [5, 5.41) is 3.57. The van der Waals surface area contributed by atoms with E-state index in [0.29, 0.717) is 11.8 Å². The van der Waals surface area contributed by atoms with Gasteiger partial charge in [0.05, 0.1) is 11.7 Å². The molecule has 3 nitrogen and oxygen atoms in total. The fraction of sp³-hybridized carbons (Fsp3) is 0.929. The molecular weight excluding hydrogens is 212 g/mol. The molecule has 0 aromatic heterocycles. The molecule has 2 unspecified atom stereocenters. The number of carbonyl (C=O) groups excluding carboxylic acids is 1. The number of rotatable bonds is 2. The highest BCUT2D eigenvalue weighted by molar-refractivity contribution is 5.92. The molecule has 0 bridgehead atoms. The number of amides is 1. The molecule has 1 amide bonds. The van der Waals surface area contributed by atoms with Gasteiger partial charge in [-0.3, -0.25) is 10.1 Å². The van der Waals surface area contributed by atoms with E-state index in [0.717, 1.165) is 12.8 Å². The van der Waals surface area contributed by atoms with Crippen molar-refractivity contribution < 1.29 is 4.79 Å². The van der Waals surface area contributed by atoms with Crippen LogP contribution < -0.4 is 5.32 Å². The summed E-state index contributed by atoms with van der Waals surface area (Å²) in [6.45, 7) is 13.2. The van der Waals surface area contributed by atoms with Crippen LogP contribution in [0, 0.1) is 11.3 Å². The number of nitrogens with zero attached hydrogens (tertiary/aromatic N) is 1. The van der Waals surface area contributed by atoms with Crippen LogP contribution in [0.5, 0.6) is 0 Å². The highest BCUT2D eigenvalue weighted by Crippen LogP contribution is 2.45. The van der Waals surface area contributed by atoms with Gasteiger partial charge in [0.2, 0.25) is 5.91 Å². The van der Waals surface area contributed by atoms with Crippen LogP contribution >= 0.6 is 0 Å². The second kappa shape index (κ2) is 3.71. The van der Waals surface area contributed by atoms with Crippen molar-refractivity contribution in [3.63, 3.8) is 0 Å². The first kappa shape index (κ1) is 12.9. The van der Waals surface area contributed by atoms with E-state index in [4.69, 9.17) is 0 Å². The molecule has 1 saturated heterocycles. The molecule has 0 aromatic carbocycles. The molecule has 1 aliphatic carbocycles. The predicted octanol–water partition coefficient (Wildman–Crippen LogP) is 2.37. The first-order chi connectivity index (χ1) is 7.69. The van der Waals surface area contributed by atoms with Crippen LogP contribution in [0.15, 0.2) is 0 Å². The van der Waals surface area contributed by atoms with Crippen LogP contribution in [0.25, 0.3) is 0 Å². The zero-order valence-electron chi connectivity index (χ0n) is 12.0. The molecule has 1 spiro atoms. The summed E-state index contributed by atoms with van der Waals surface area (Å²) in [5.41, 5.74) is -0.0562. The standard InChI is InChI=1S/C14H26N2O/c1-9(2)11-15-14(7-8-14)12(17)16(11)10(3)13(4,5)6/h9-11,15H,7-8H2,1-6H3. The van der Waals surface area contributed by atoms with E-state index in [1.807, 2.05) is 0 Å². The molecule has 3 heteroatoms. The normalized spacial score (nSPS) is 29.2. The van der Waals surface area contributed by atoms with Gasteiger partial charge in [0.15, 0.2) is 0 Å². The van der Waals surface area contributed by atoms with E-state index in [1.165, 1.54) is 0 Å². The van der Waals surface area contributed by atoms with Crippen LogP contribution in [0.1, 0.15) is 54.4 Å². The fourth-order valence-electron chi connectivity index (χ4n) is 2.59. The third-order valence-electron chi connectivity index (χ3n) is 4.42. The van der Waals surface area contributed by atoms with Crippen LogP contribution in [-0.2, 0) is 4.79 Å². The maximum atomic E-state index is 12.6. The Morgan fingerprint density at radius 1 is 1.29 bits per heavy atom. The van der Waals surface area contributed by atoms with E-state index < -0.39 is 0 Å². The molecular formula is C14H26N2O. The molecule has 17 heavy (non-hydrogen) atoms. The highest BCUT2D eigenvalue weighted by Gasteiger charge is 2.60. The lowest BCUT2D eigenvalue weighted by Gasteiger charge is -2.39. The molecule has 1 heterocycles. The Labute approximate surface area is 105 Å². The van der Waals surface area contributed by atoms with Gasteiger partial charge in [0, 0.05) is 6.04 Å². The van der Waals surface area contributed by atoms with Gasteiger partial charge in [-0.2, -0.15) is 0 Å². The van der Waals surface area contributed by atoms with E-state index in [1.54, 1.807) is 0 Å². The second-order valence-electron chi connectivity index (χ2n) is 7.17. The van der Waals surface area contributed by atoms with E-state index in [2.05, 4.69) is 51.8 Å². The minimum absolute atomic E-state index is 0.130. The minimum atomic E-state index is -0.186. The Bertz CT molecular complexity index is 326. The number of nitrogens with one attached hydrogen (secondary N) is 1. The van der Waals surface area contributed by atoms with E-state index in [-0.39, 0.29) is 23.2 Å². The van der Waals surface area contributed by atoms with Gasteiger partial charge < -0.3 is 4.90 Å². The van der Waals surface area contributed by atoms with Crippen LogP contribution in [0.4, 0.5) is 0 Å². The van der Waals surface area contributed by atoms with Crippen LogP contribution in [-0.4, -0.2) is 28.6 Å². The van der Waals surface area contributed by atoms with Crippen molar-refractivity contribution in [3.8, 4) is 0 Å². The second-order valence-corrected chi connectivity index (χ2v) is 7.17. The van der Waals surface area contributed by atoms with Crippen LogP contribution in [0.3, 0.4) is 0 Å². The average Bonchev–Trinajstić information content (AvgIpc) is 2.89. The third-order valence-corrected chi connectivity index (χ3v) is 4.42. The summed E-state index contributed by atoms with van der Waals surface area (Å²) >= 11 is 0. The summed E-state index contributed by atoms with van der Waals surface area (Å²) in [7, 11) is 0. The number of carbonyl (C=O) groups is 1. The molecule has 2 aliphatic rings. The maximum absolute atomic E-state index is 12.6. The lowest BCUT2D eigenvalue weighted by Crippen LogP contribution is -2.50. The summed E-state index contributed by atoms with van der Waals surface area (Å²) in [6, 6.07) is 0.273. The summed E-state index contributed by atoms with van der Waals surface area (Å²) in [5.74, 6) is 0.794. The van der Waals surface area contributed by atoms with E-state index in [9.17, 15) is 4.79 Å². The molecule has 1 saturated carbocycles. The minimum Gasteiger partial charge on any atom is -0.322 e. The fourth-order valence-corrected chi connectivity index (χ4v) is 2.59. The Morgan fingerprint density at radius 3 is 2.18 bits per heavy atom. The van der Waals surface area contributed by atoms with Crippen molar-refractivity contribution in [2.75, 3.05) is 0 Å². The summed E-state index contributed by atoms with van der Waals surface area (Å²) in [6.07, 6.45) is 2.24. The van der Waals surface area contributed by atoms with Crippen molar-refractivity contribution in [2.24, 2.45) is 11.3 Å². The summed E-state index contributed by atoms with van der Waals surface area (Å²) in [4.78, 5) is 14.7. The topological polar surface area (TPSA) is 32.3 Å². The van der Waals surface area contributed by atoms with Crippen molar-refractivity contribution in [1.29, 1.82) is 0 Å². The van der Waals surface area contributed by atoms with Gasteiger partial charge in [-0.15, -0.1) is 0 Å². The Hall–Kier alpha value is -0.570. The molecule has 0 aromatic rings.